The lowest BCUT2D eigenvalue weighted by Crippen LogP contribution is -2.13. The zero-order chi connectivity index (χ0) is 17.7. The Morgan fingerprint density at radius 2 is 1.50 bits per heavy atom. The molecular formula is C16H15NO6S. The van der Waals surface area contributed by atoms with E-state index in [2.05, 4.69) is 4.72 Å². The first-order valence-electron chi connectivity index (χ1n) is 6.95. The van der Waals surface area contributed by atoms with Crippen LogP contribution in [0.2, 0.25) is 0 Å². The van der Waals surface area contributed by atoms with Gasteiger partial charge in [0.2, 0.25) is 0 Å². The fourth-order valence-corrected chi connectivity index (χ4v) is 3.04. The normalized spacial score (nSPS) is 11.0. The minimum absolute atomic E-state index is 0.0275. The molecule has 0 aliphatic carbocycles. The first-order chi connectivity index (χ1) is 11.3. The van der Waals surface area contributed by atoms with Crippen molar-refractivity contribution in [3.05, 3.63) is 59.7 Å². The van der Waals surface area contributed by atoms with Crippen LogP contribution < -0.4 is 4.72 Å². The van der Waals surface area contributed by atoms with Gasteiger partial charge < -0.3 is 10.2 Å². The summed E-state index contributed by atoms with van der Waals surface area (Å²) in [5.74, 6) is -2.01. The van der Waals surface area contributed by atoms with Gasteiger partial charge in [0.25, 0.3) is 10.0 Å². The van der Waals surface area contributed by atoms with E-state index in [1.807, 2.05) is 0 Å². The van der Waals surface area contributed by atoms with E-state index in [-0.39, 0.29) is 22.6 Å². The third kappa shape index (κ3) is 4.56. The Morgan fingerprint density at radius 1 is 0.917 bits per heavy atom. The third-order valence-corrected chi connectivity index (χ3v) is 4.64. The molecule has 0 spiro atoms. The molecule has 0 saturated carbocycles. The molecule has 2 rings (SSSR count). The molecule has 0 aromatic heterocycles. The number of benzene rings is 2. The van der Waals surface area contributed by atoms with Crippen molar-refractivity contribution < 1.29 is 28.2 Å². The highest BCUT2D eigenvalue weighted by atomic mass is 32.2. The van der Waals surface area contributed by atoms with Gasteiger partial charge in [0.1, 0.15) is 0 Å². The van der Waals surface area contributed by atoms with E-state index in [9.17, 15) is 18.0 Å². The quantitative estimate of drug-likeness (QED) is 0.705. The summed E-state index contributed by atoms with van der Waals surface area (Å²) >= 11 is 0. The summed E-state index contributed by atoms with van der Waals surface area (Å²) in [7, 11) is -3.81. The van der Waals surface area contributed by atoms with Crippen LogP contribution in [-0.4, -0.2) is 30.6 Å². The van der Waals surface area contributed by atoms with E-state index < -0.39 is 22.0 Å². The average Bonchev–Trinajstić information content (AvgIpc) is 2.53. The summed E-state index contributed by atoms with van der Waals surface area (Å²) in [6.07, 6.45) is 0.292. The number of carboxylic acid groups (broad SMARTS) is 2. The number of hydrogen-bond donors (Lipinski definition) is 3. The van der Waals surface area contributed by atoms with Gasteiger partial charge in [-0.2, -0.15) is 0 Å². The molecule has 0 amide bonds. The van der Waals surface area contributed by atoms with Crippen molar-refractivity contribution in [3.8, 4) is 0 Å². The van der Waals surface area contributed by atoms with E-state index in [0.29, 0.717) is 6.42 Å². The highest BCUT2D eigenvalue weighted by Gasteiger charge is 2.14. The first kappa shape index (κ1) is 17.5. The second-order valence-corrected chi connectivity index (χ2v) is 6.71. The molecule has 0 heterocycles. The van der Waals surface area contributed by atoms with Crippen LogP contribution in [0, 0.1) is 0 Å². The number of rotatable bonds is 7. The van der Waals surface area contributed by atoms with Crippen LogP contribution in [0.4, 0.5) is 5.69 Å². The minimum Gasteiger partial charge on any atom is -0.481 e. The molecule has 0 fully saturated rings. The standard InChI is InChI=1S/C16H15NO6S/c18-15(19)10-3-11-1-8-14(9-2-11)24(22,23)17-13-6-4-12(5-7-13)16(20)21/h1-2,4-9,17H,3,10H2,(H,18,19)(H,20,21). The molecule has 0 unspecified atom stereocenters. The predicted molar refractivity (Wildman–Crippen MR) is 86.6 cm³/mol. The predicted octanol–water partition coefficient (Wildman–Crippen LogP) is 2.20. The summed E-state index contributed by atoms with van der Waals surface area (Å²) in [6, 6.07) is 11.2. The van der Waals surface area contributed by atoms with Crippen molar-refractivity contribution in [2.45, 2.75) is 17.7 Å². The Morgan fingerprint density at radius 3 is 2.00 bits per heavy atom. The lowest BCUT2D eigenvalue weighted by Gasteiger charge is -2.09. The Hall–Kier alpha value is -2.87. The van der Waals surface area contributed by atoms with Gasteiger partial charge >= 0.3 is 11.9 Å². The highest BCUT2D eigenvalue weighted by molar-refractivity contribution is 7.92. The topological polar surface area (TPSA) is 121 Å². The van der Waals surface area contributed by atoms with E-state index in [0.717, 1.165) is 5.56 Å². The number of carbonyl (C=O) groups is 2. The van der Waals surface area contributed by atoms with Crippen LogP contribution in [0.5, 0.6) is 0 Å². The van der Waals surface area contributed by atoms with Crippen LogP contribution >= 0.6 is 0 Å². The van der Waals surface area contributed by atoms with Gasteiger partial charge in [0.15, 0.2) is 0 Å². The fraction of sp³-hybridized carbons (Fsp3) is 0.125. The first-order valence-corrected chi connectivity index (χ1v) is 8.43. The zero-order valence-electron chi connectivity index (χ0n) is 12.5. The summed E-state index contributed by atoms with van der Waals surface area (Å²) in [5.41, 5.74) is 1.03. The molecule has 0 bridgehead atoms. The van der Waals surface area contributed by atoms with Crippen LogP contribution in [0.3, 0.4) is 0 Å². The molecule has 0 aliphatic rings. The van der Waals surface area contributed by atoms with Crippen LogP contribution in [0.1, 0.15) is 22.3 Å². The number of sulfonamides is 1. The molecule has 8 heteroatoms. The molecule has 7 nitrogen and oxygen atoms in total. The van der Waals surface area contributed by atoms with Crippen molar-refractivity contribution in [1.29, 1.82) is 0 Å². The molecule has 0 atom stereocenters. The third-order valence-electron chi connectivity index (χ3n) is 3.25. The van der Waals surface area contributed by atoms with Crippen molar-refractivity contribution in [2.24, 2.45) is 0 Å². The van der Waals surface area contributed by atoms with E-state index >= 15 is 0 Å². The van der Waals surface area contributed by atoms with Crippen molar-refractivity contribution >= 4 is 27.6 Å². The summed E-state index contributed by atoms with van der Waals surface area (Å²) in [4.78, 5) is 21.3. The number of anilines is 1. The van der Waals surface area contributed by atoms with Gasteiger partial charge in [0, 0.05) is 12.1 Å². The minimum atomic E-state index is -3.81. The Bertz CT molecular complexity index is 841. The molecule has 2 aromatic rings. The molecule has 0 saturated heterocycles. The second-order valence-electron chi connectivity index (χ2n) is 5.03. The van der Waals surface area contributed by atoms with E-state index in [1.54, 1.807) is 12.1 Å². The van der Waals surface area contributed by atoms with Gasteiger partial charge in [-0.1, -0.05) is 12.1 Å². The van der Waals surface area contributed by atoms with Crippen LogP contribution in [0.15, 0.2) is 53.4 Å². The van der Waals surface area contributed by atoms with E-state index in [4.69, 9.17) is 10.2 Å². The summed E-state index contributed by atoms with van der Waals surface area (Å²) in [6.45, 7) is 0. The number of carboxylic acids is 2. The molecule has 24 heavy (non-hydrogen) atoms. The molecule has 0 aliphatic heterocycles. The monoisotopic (exact) mass is 349 g/mol. The lowest BCUT2D eigenvalue weighted by atomic mass is 10.1. The largest absolute Gasteiger partial charge is 0.481 e. The highest BCUT2D eigenvalue weighted by Crippen LogP contribution is 2.18. The summed E-state index contributed by atoms with van der Waals surface area (Å²) < 4.78 is 26.9. The zero-order valence-corrected chi connectivity index (χ0v) is 13.3. The second kappa shape index (κ2) is 7.14. The molecule has 126 valence electrons. The Labute approximate surface area is 138 Å². The number of hydrogen-bond acceptors (Lipinski definition) is 4. The van der Waals surface area contributed by atoms with E-state index in [1.165, 1.54) is 36.4 Å². The lowest BCUT2D eigenvalue weighted by molar-refractivity contribution is -0.136. The Balaban J connectivity index is 2.12. The van der Waals surface area contributed by atoms with Crippen LogP contribution in [0.25, 0.3) is 0 Å². The molecular weight excluding hydrogens is 334 g/mol. The number of nitrogens with one attached hydrogen (secondary N) is 1. The van der Waals surface area contributed by atoms with Gasteiger partial charge in [-0.3, -0.25) is 9.52 Å². The SMILES string of the molecule is O=C(O)CCc1ccc(S(=O)(=O)Nc2ccc(C(=O)O)cc2)cc1. The van der Waals surface area contributed by atoms with Gasteiger partial charge in [0.05, 0.1) is 10.5 Å². The van der Waals surface area contributed by atoms with Crippen molar-refractivity contribution in [1.82, 2.24) is 0 Å². The van der Waals surface area contributed by atoms with Gasteiger partial charge in [-0.15, -0.1) is 0 Å². The Kier molecular flexibility index (Phi) is 5.20. The maximum absolute atomic E-state index is 12.3. The smallest absolute Gasteiger partial charge is 0.335 e. The van der Waals surface area contributed by atoms with Crippen molar-refractivity contribution in [3.63, 3.8) is 0 Å². The van der Waals surface area contributed by atoms with Gasteiger partial charge in [-0.25, -0.2) is 13.2 Å². The summed E-state index contributed by atoms with van der Waals surface area (Å²) in [5, 5.41) is 17.4. The average molecular weight is 349 g/mol. The molecule has 2 aromatic carbocycles. The number of aliphatic carboxylic acids is 1. The number of aryl methyl sites for hydroxylation is 1. The maximum Gasteiger partial charge on any atom is 0.335 e. The number of aromatic carboxylic acids is 1. The van der Waals surface area contributed by atoms with Crippen LogP contribution in [-0.2, 0) is 21.2 Å². The molecule has 0 radical (unpaired) electrons. The molecule has 3 N–H and O–H groups in total. The fourth-order valence-electron chi connectivity index (χ4n) is 1.98. The maximum atomic E-state index is 12.3. The van der Waals surface area contributed by atoms with Gasteiger partial charge in [-0.05, 0) is 48.4 Å². The van der Waals surface area contributed by atoms with Crippen molar-refractivity contribution in [2.75, 3.05) is 4.72 Å².